The Bertz CT molecular complexity index is 251. The van der Waals surface area contributed by atoms with Crippen LogP contribution in [0.15, 0.2) is 0 Å². The highest BCUT2D eigenvalue weighted by Crippen LogP contribution is 2.11. The fourth-order valence-electron chi connectivity index (χ4n) is 3.30. The van der Waals surface area contributed by atoms with Gasteiger partial charge < -0.3 is 26.4 Å². The molecule has 0 radical (unpaired) electrons. The van der Waals surface area contributed by atoms with E-state index in [1.54, 1.807) is 0 Å². The van der Waals surface area contributed by atoms with E-state index in [0.29, 0.717) is 0 Å². The highest BCUT2D eigenvalue weighted by Gasteiger charge is 2.05. The molecule has 0 saturated heterocycles. The average molecular weight is 422 g/mol. The van der Waals surface area contributed by atoms with Crippen LogP contribution in [0.3, 0.4) is 0 Å². The first kappa shape index (κ1) is 27.6. The van der Waals surface area contributed by atoms with Crippen molar-refractivity contribution < 1.29 is 21.5 Å². The van der Waals surface area contributed by atoms with Gasteiger partial charge in [-0.05, 0) is 45.8 Å². The van der Waals surface area contributed by atoms with E-state index in [-0.39, 0.29) is 17.0 Å². The van der Waals surface area contributed by atoms with E-state index in [0.717, 1.165) is 4.48 Å². The van der Waals surface area contributed by atoms with Crippen LogP contribution >= 0.6 is 0 Å². The lowest BCUT2D eigenvalue weighted by Gasteiger charge is -2.23. The van der Waals surface area contributed by atoms with Crippen LogP contribution in [0, 0.1) is 0 Å². The third-order valence-electron chi connectivity index (χ3n) is 5.01. The van der Waals surface area contributed by atoms with Crippen LogP contribution in [0.5, 0.6) is 0 Å². The second-order valence-corrected chi connectivity index (χ2v) is 8.91. The molecule has 0 saturated carbocycles. The Kier molecular flexibility index (Phi) is 21.2. The van der Waals surface area contributed by atoms with Crippen LogP contribution in [0.4, 0.5) is 0 Å². The largest absolute Gasteiger partial charge is 1.00 e. The number of hydrogen-bond acceptors (Lipinski definition) is 1. The minimum atomic E-state index is 0. The van der Waals surface area contributed by atoms with Gasteiger partial charge >= 0.3 is 0 Å². The zero-order valence-electron chi connectivity index (χ0n) is 18.3. The topological polar surface area (TPSA) is 3.24 Å². The summed E-state index contributed by atoms with van der Waals surface area (Å²) in [5, 5.41) is 0. The highest BCUT2D eigenvalue weighted by atomic mass is 79.9. The van der Waals surface area contributed by atoms with E-state index < -0.39 is 0 Å². The van der Waals surface area contributed by atoms with Gasteiger partial charge in [0.15, 0.2) is 0 Å². The quantitative estimate of drug-likeness (QED) is 0.243. The molecule has 0 amide bonds. The first-order chi connectivity index (χ1) is 11.5. The lowest BCUT2D eigenvalue weighted by molar-refractivity contribution is -0.870. The van der Waals surface area contributed by atoms with Gasteiger partial charge in [-0.1, -0.05) is 71.1 Å². The lowest BCUT2D eigenvalue weighted by atomic mass is 10.1. The van der Waals surface area contributed by atoms with E-state index in [2.05, 4.69) is 40.0 Å². The zero-order valence-corrected chi connectivity index (χ0v) is 19.9. The summed E-state index contributed by atoms with van der Waals surface area (Å²) in [4.78, 5) is 2.55. The molecule has 0 aromatic carbocycles. The first-order valence-electron chi connectivity index (χ1n) is 10.9. The molecule has 0 aliphatic carbocycles. The van der Waals surface area contributed by atoms with Crippen LogP contribution in [-0.4, -0.2) is 57.2 Å². The number of unbranched alkanes of at least 4 members (excludes halogenated alkanes) is 12. The van der Waals surface area contributed by atoms with Crippen LogP contribution in [-0.2, 0) is 0 Å². The van der Waals surface area contributed by atoms with Gasteiger partial charge in [-0.2, -0.15) is 0 Å². The minimum absolute atomic E-state index is 0. The smallest absolute Gasteiger partial charge is 0.0780 e. The summed E-state index contributed by atoms with van der Waals surface area (Å²) in [7, 11) is 9.18. The standard InChI is InChI=1S/C22H49N2.BrH/c1-6-7-8-9-10-11-12-13-14-17-20-23(2)21-18-15-16-19-22-24(3,4)5;/h6-22H2,1-5H3;1H/q+1;/p-1. The van der Waals surface area contributed by atoms with Crippen molar-refractivity contribution in [2.24, 2.45) is 0 Å². The molecule has 0 spiro atoms. The Balaban J connectivity index is 0. The fourth-order valence-corrected chi connectivity index (χ4v) is 3.30. The van der Waals surface area contributed by atoms with Gasteiger partial charge in [0.1, 0.15) is 0 Å². The predicted molar refractivity (Wildman–Crippen MR) is 111 cm³/mol. The minimum Gasteiger partial charge on any atom is -1.00 e. The molecule has 0 aliphatic rings. The molecule has 2 nitrogen and oxygen atoms in total. The molecule has 3 heteroatoms. The summed E-state index contributed by atoms with van der Waals surface area (Å²) in [6.45, 7) is 6.20. The molecule has 0 aromatic heterocycles. The predicted octanol–water partition coefficient (Wildman–Crippen LogP) is 3.11. The Morgan fingerprint density at radius 2 is 0.920 bits per heavy atom. The summed E-state index contributed by atoms with van der Waals surface area (Å²) < 4.78 is 1.11. The molecule has 0 bridgehead atoms. The van der Waals surface area contributed by atoms with Crippen molar-refractivity contribution >= 4 is 0 Å². The van der Waals surface area contributed by atoms with E-state index >= 15 is 0 Å². The summed E-state index contributed by atoms with van der Waals surface area (Å²) in [5.41, 5.74) is 0. The van der Waals surface area contributed by atoms with Crippen molar-refractivity contribution in [3.63, 3.8) is 0 Å². The molecule has 154 valence electrons. The van der Waals surface area contributed by atoms with Gasteiger partial charge in [0.25, 0.3) is 0 Å². The third-order valence-corrected chi connectivity index (χ3v) is 5.01. The molecule has 0 fully saturated rings. The van der Waals surface area contributed by atoms with Gasteiger partial charge in [0.05, 0.1) is 27.7 Å². The van der Waals surface area contributed by atoms with E-state index in [4.69, 9.17) is 0 Å². The molecule has 0 unspecified atom stereocenters. The molecular weight excluding hydrogens is 372 g/mol. The van der Waals surface area contributed by atoms with Gasteiger partial charge in [-0.15, -0.1) is 0 Å². The Hall–Kier alpha value is 0.400. The normalized spacial score (nSPS) is 11.8. The van der Waals surface area contributed by atoms with Crippen LogP contribution in [0.2, 0.25) is 0 Å². The number of halogens is 1. The highest BCUT2D eigenvalue weighted by molar-refractivity contribution is 4.54. The molecule has 0 rings (SSSR count). The molecule has 0 heterocycles. The summed E-state index contributed by atoms with van der Waals surface area (Å²) in [6.07, 6.45) is 20.0. The number of rotatable bonds is 18. The molecule has 0 atom stereocenters. The van der Waals surface area contributed by atoms with Gasteiger partial charge in [0, 0.05) is 0 Å². The van der Waals surface area contributed by atoms with Crippen molar-refractivity contribution in [2.75, 3.05) is 47.8 Å². The Morgan fingerprint density at radius 1 is 0.560 bits per heavy atom. The maximum absolute atomic E-state index is 2.55. The second kappa shape index (κ2) is 19.2. The van der Waals surface area contributed by atoms with Crippen molar-refractivity contribution in [2.45, 2.75) is 96.8 Å². The van der Waals surface area contributed by atoms with Gasteiger partial charge in [0.2, 0.25) is 0 Å². The van der Waals surface area contributed by atoms with E-state index in [9.17, 15) is 0 Å². The monoisotopic (exact) mass is 420 g/mol. The molecule has 0 aromatic rings. The summed E-state index contributed by atoms with van der Waals surface area (Å²) >= 11 is 0. The molecule has 0 aliphatic heterocycles. The number of quaternary nitrogens is 1. The molecular formula is C22H49BrN2. The van der Waals surface area contributed by atoms with Crippen molar-refractivity contribution in [3.05, 3.63) is 0 Å². The zero-order chi connectivity index (χ0) is 18.1. The Morgan fingerprint density at radius 3 is 1.32 bits per heavy atom. The van der Waals surface area contributed by atoms with Crippen LogP contribution < -0.4 is 17.0 Å². The van der Waals surface area contributed by atoms with E-state index in [1.807, 2.05) is 0 Å². The van der Waals surface area contributed by atoms with Crippen molar-refractivity contribution in [3.8, 4) is 0 Å². The third kappa shape index (κ3) is 24.4. The lowest BCUT2D eigenvalue weighted by Crippen LogP contribution is -3.00. The van der Waals surface area contributed by atoms with Crippen molar-refractivity contribution in [1.82, 2.24) is 4.90 Å². The summed E-state index contributed by atoms with van der Waals surface area (Å²) in [5.74, 6) is 0. The maximum atomic E-state index is 2.55. The molecule has 0 N–H and O–H groups in total. The SMILES string of the molecule is CCCCCCCCCCCCN(C)CCCCCC[N+](C)(C)C.[Br-]. The first-order valence-corrected chi connectivity index (χ1v) is 10.9. The van der Waals surface area contributed by atoms with Gasteiger partial charge in [-0.3, -0.25) is 0 Å². The van der Waals surface area contributed by atoms with Crippen LogP contribution in [0.1, 0.15) is 96.8 Å². The molecule has 25 heavy (non-hydrogen) atoms. The van der Waals surface area contributed by atoms with Crippen molar-refractivity contribution in [1.29, 1.82) is 0 Å². The Labute approximate surface area is 171 Å². The average Bonchev–Trinajstić information content (AvgIpc) is 2.51. The van der Waals surface area contributed by atoms with E-state index in [1.165, 1.54) is 110 Å². The number of nitrogens with zero attached hydrogens (tertiary/aromatic N) is 2. The second-order valence-electron chi connectivity index (χ2n) is 8.91. The summed E-state index contributed by atoms with van der Waals surface area (Å²) in [6, 6.07) is 0. The van der Waals surface area contributed by atoms with Crippen LogP contribution in [0.25, 0.3) is 0 Å². The number of hydrogen-bond donors (Lipinski definition) is 0. The fraction of sp³-hybridized carbons (Fsp3) is 1.00. The van der Waals surface area contributed by atoms with Gasteiger partial charge in [-0.25, -0.2) is 0 Å². The maximum Gasteiger partial charge on any atom is 0.0780 e.